The third-order valence-corrected chi connectivity index (χ3v) is 11.2. The molecule has 6 fully saturated rings. The number of aliphatic hydroxyl groups is 1. The Hall–Kier alpha value is -0.650. The zero-order valence-corrected chi connectivity index (χ0v) is 20.5. The normalized spacial score (nSPS) is 49.2. The number of carbonyl (C=O) groups excluding carboxylic acids is 1. The van der Waals surface area contributed by atoms with Crippen molar-refractivity contribution in [2.45, 2.75) is 72.3 Å². The fourth-order valence-electron chi connectivity index (χ4n) is 8.92. The second-order valence-electron chi connectivity index (χ2n) is 12.4. The summed E-state index contributed by atoms with van der Waals surface area (Å²) in [5.41, 5.74) is 0.398. The summed E-state index contributed by atoms with van der Waals surface area (Å²) >= 11 is 0. The molecule has 0 amide bonds. The van der Waals surface area contributed by atoms with E-state index in [0.29, 0.717) is 31.2 Å². The van der Waals surface area contributed by atoms with E-state index in [-0.39, 0.29) is 11.9 Å². The van der Waals surface area contributed by atoms with Crippen LogP contribution in [0.25, 0.3) is 0 Å². The van der Waals surface area contributed by atoms with Crippen molar-refractivity contribution in [2.24, 2.45) is 64.6 Å². The molecule has 32 heavy (non-hydrogen) atoms. The number of rotatable bonds is 3. The van der Waals surface area contributed by atoms with Gasteiger partial charge in [0.2, 0.25) is 0 Å². The Balaban J connectivity index is 0.000000139. The van der Waals surface area contributed by atoms with Crippen molar-refractivity contribution < 1.29 is 24.1 Å². The Labute approximate surface area is 193 Å². The molecule has 1 N–H and O–H groups in total. The molecule has 182 valence electrons. The first-order valence-electron chi connectivity index (χ1n) is 13.3. The summed E-state index contributed by atoms with van der Waals surface area (Å²) in [5.74, 6) is 7.06. The highest BCUT2D eigenvalue weighted by molar-refractivity contribution is 5.74. The molecule has 1 spiro atoms. The van der Waals surface area contributed by atoms with Gasteiger partial charge in [0, 0.05) is 5.41 Å². The fraction of sp³-hybridized carbons (Fsp3) is 0.963. The molecule has 6 aliphatic rings. The number of ether oxygens (including phenoxy) is 3. The van der Waals surface area contributed by atoms with Crippen molar-refractivity contribution in [3.05, 3.63) is 0 Å². The van der Waals surface area contributed by atoms with E-state index in [2.05, 4.69) is 27.7 Å². The lowest BCUT2D eigenvalue weighted by Gasteiger charge is -2.44. The van der Waals surface area contributed by atoms with Crippen LogP contribution in [-0.4, -0.2) is 43.8 Å². The van der Waals surface area contributed by atoms with Crippen molar-refractivity contribution in [1.82, 2.24) is 0 Å². The van der Waals surface area contributed by atoms with Crippen LogP contribution in [0.15, 0.2) is 0 Å². The molecule has 2 saturated heterocycles. The van der Waals surface area contributed by atoms with Gasteiger partial charge in [-0.15, -0.1) is 0 Å². The van der Waals surface area contributed by atoms with Gasteiger partial charge in [-0.2, -0.15) is 0 Å². The lowest BCUT2D eigenvalue weighted by atomic mass is 9.66. The van der Waals surface area contributed by atoms with E-state index >= 15 is 0 Å². The first kappa shape index (κ1) is 23.1. The largest absolute Gasteiger partial charge is 0.465 e. The van der Waals surface area contributed by atoms with Gasteiger partial charge < -0.3 is 19.3 Å². The van der Waals surface area contributed by atoms with Gasteiger partial charge >= 0.3 is 5.97 Å². The first-order valence-corrected chi connectivity index (χ1v) is 13.3. The van der Waals surface area contributed by atoms with Gasteiger partial charge in [0.1, 0.15) is 6.79 Å². The van der Waals surface area contributed by atoms with E-state index in [1.54, 1.807) is 0 Å². The number of cyclic esters (lactones) is 1. The van der Waals surface area contributed by atoms with E-state index in [0.717, 1.165) is 67.0 Å². The predicted molar refractivity (Wildman–Crippen MR) is 121 cm³/mol. The Morgan fingerprint density at radius 3 is 2.25 bits per heavy atom. The molecule has 0 aromatic heterocycles. The summed E-state index contributed by atoms with van der Waals surface area (Å²) in [7, 11) is 0. The smallest absolute Gasteiger partial charge is 0.311 e. The molecule has 0 aromatic rings. The van der Waals surface area contributed by atoms with Crippen molar-refractivity contribution in [2.75, 3.05) is 26.6 Å². The highest BCUT2D eigenvalue weighted by Crippen LogP contribution is 2.61. The Morgan fingerprint density at radius 1 is 0.969 bits per heavy atom. The molecule has 2 aliphatic heterocycles. The van der Waals surface area contributed by atoms with Crippen molar-refractivity contribution in [3.8, 4) is 0 Å². The van der Waals surface area contributed by atoms with Gasteiger partial charge in [-0.25, -0.2) is 0 Å². The maximum absolute atomic E-state index is 11.5. The monoisotopic (exact) mass is 448 g/mol. The number of carbonyl (C=O) groups is 1. The number of esters is 1. The maximum Gasteiger partial charge on any atom is 0.311 e. The quantitative estimate of drug-likeness (QED) is 0.643. The topological polar surface area (TPSA) is 65.0 Å². The molecule has 11 unspecified atom stereocenters. The van der Waals surface area contributed by atoms with E-state index in [4.69, 9.17) is 14.2 Å². The van der Waals surface area contributed by atoms with E-state index < -0.39 is 6.10 Å². The molecule has 6 rings (SSSR count). The maximum atomic E-state index is 11.5. The van der Waals surface area contributed by atoms with E-state index in [9.17, 15) is 9.90 Å². The van der Waals surface area contributed by atoms with Crippen LogP contribution in [0.5, 0.6) is 0 Å². The van der Waals surface area contributed by atoms with Crippen LogP contribution in [0.2, 0.25) is 0 Å². The minimum atomic E-state index is -0.480. The van der Waals surface area contributed by atoms with Gasteiger partial charge in [-0.3, -0.25) is 4.79 Å². The molecule has 4 bridgehead atoms. The summed E-state index contributed by atoms with van der Waals surface area (Å²) in [6.45, 7) is 12.5. The van der Waals surface area contributed by atoms with Gasteiger partial charge in [0.25, 0.3) is 0 Å². The second kappa shape index (κ2) is 8.85. The lowest BCUT2D eigenvalue weighted by Crippen LogP contribution is -2.45. The van der Waals surface area contributed by atoms with Crippen LogP contribution in [0, 0.1) is 64.6 Å². The molecule has 0 radical (unpaired) electrons. The van der Waals surface area contributed by atoms with Gasteiger partial charge in [-0.05, 0) is 91.8 Å². The van der Waals surface area contributed by atoms with Crippen LogP contribution >= 0.6 is 0 Å². The molecule has 0 aromatic carbocycles. The molecular formula is C27H44O5. The summed E-state index contributed by atoms with van der Waals surface area (Å²) in [6.07, 6.45) is 6.40. The van der Waals surface area contributed by atoms with Gasteiger partial charge in [0.15, 0.2) is 0 Å². The molecule has 11 atom stereocenters. The van der Waals surface area contributed by atoms with Crippen molar-refractivity contribution in [1.29, 1.82) is 0 Å². The van der Waals surface area contributed by atoms with Crippen LogP contribution < -0.4 is 0 Å². The third-order valence-electron chi connectivity index (χ3n) is 11.2. The van der Waals surface area contributed by atoms with Crippen LogP contribution in [0.4, 0.5) is 0 Å². The SMILES string of the molecule is CC1C2CC(C1C)C1(COCOC1)C2.CC1C2CC(CC(O)C3CCOC3=O)C(C2)C1C. The summed E-state index contributed by atoms with van der Waals surface area (Å²) in [4.78, 5) is 11.5. The number of fused-ring (bicyclic) bond motifs is 5. The third kappa shape index (κ3) is 3.84. The number of hydrogen-bond acceptors (Lipinski definition) is 5. The van der Waals surface area contributed by atoms with Gasteiger partial charge in [-0.1, -0.05) is 27.7 Å². The zero-order valence-electron chi connectivity index (χ0n) is 20.5. The minimum Gasteiger partial charge on any atom is -0.465 e. The second-order valence-corrected chi connectivity index (χ2v) is 12.4. The minimum absolute atomic E-state index is 0.188. The molecular weight excluding hydrogens is 404 g/mol. The number of aliphatic hydroxyl groups excluding tert-OH is 1. The van der Waals surface area contributed by atoms with Crippen LogP contribution in [0.3, 0.4) is 0 Å². The molecule has 4 aliphatic carbocycles. The highest BCUT2D eigenvalue weighted by atomic mass is 16.7. The molecule has 2 heterocycles. The summed E-state index contributed by atoms with van der Waals surface area (Å²) in [5, 5.41) is 10.3. The van der Waals surface area contributed by atoms with Crippen molar-refractivity contribution >= 4 is 5.97 Å². The van der Waals surface area contributed by atoms with Gasteiger partial charge in [0.05, 0.1) is 31.8 Å². The van der Waals surface area contributed by atoms with E-state index in [1.807, 2.05) is 0 Å². The Morgan fingerprint density at radius 2 is 1.69 bits per heavy atom. The summed E-state index contributed by atoms with van der Waals surface area (Å²) in [6, 6.07) is 0. The average molecular weight is 449 g/mol. The van der Waals surface area contributed by atoms with E-state index in [1.165, 1.54) is 25.7 Å². The van der Waals surface area contributed by atoms with Crippen LogP contribution in [0.1, 0.15) is 66.2 Å². The molecule has 5 heteroatoms. The lowest BCUT2D eigenvalue weighted by molar-refractivity contribution is -0.187. The van der Waals surface area contributed by atoms with Crippen LogP contribution in [-0.2, 0) is 19.0 Å². The number of hydrogen-bond donors (Lipinski definition) is 1. The Bertz CT molecular complexity index is 684. The fourth-order valence-corrected chi connectivity index (χ4v) is 8.92. The average Bonchev–Trinajstić information content (AvgIpc) is 3.57. The molecule has 4 saturated carbocycles. The first-order chi connectivity index (χ1) is 15.3. The Kier molecular flexibility index (Phi) is 6.39. The zero-order chi connectivity index (χ0) is 22.6. The predicted octanol–water partition coefficient (Wildman–Crippen LogP) is 4.52. The molecule has 5 nitrogen and oxygen atoms in total. The summed E-state index contributed by atoms with van der Waals surface area (Å²) < 4.78 is 16.0. The standard InChI is InChI=1S/C15H24O3.C12H20O2/c1-8-9(2)13-6-10(8)5-11(13)7-14(16)12-3-4-18-15(12)17;1-8-9(2)11-3-10(8)4-12(11)5-13-7-14-6-12/h8-14,16H,3-7H2,1-2H3;8-11H,3-7H2,1-2H3. The van der Waals surface area contributed by atoms with Crippen molar-refractivity contribution in [3.63, 3.8) is 0 Å². The highest BCUT2D eigenvalue weighted by Gasteiger charge is 2.58.